The Morgan fingerprint density at radius 1 is 1.17 bits per heavy atom. The third kappa shape index (κ3) is 2.44. The fourth-order valence-electron chi connectivity index (χ4n) is 3.17. The van der Waals surface area contributed by atoms with Crippen LogP contribution >= 0.6 is 0 Å². The minimum Gasteiger partial charge on any atom is -0.334 e. The lowest BCUT2D eigenvalue weighted by molar-refractivity contribution is -0.132. The van der Waals surface area contributed by atoms with E-state index >= 15 is 0 Å². The average molecular weight is 327 g/mol. The van der Waals surface area contributed by atoms with Crippen molar-refractivity contribution in [1.29, 1.82) is 0 Å². The highest BCUT2D eigenvalue weighted by Gasteiger charge is 2.51. The summed E-state index contributed by atoms with van der Waals surface area (Å²) in [6, 6.07) is 8.96. The Bertz CT molecular complexity index is 767. The van der Waals surface area contributed by atoms with E-state index in [9.17, 15) is 9.59 Å². The number of amides is 3. The third-order valence-corrected chi connectivity index (χ3v) is 4.49. The van der Waals surface area contributed by atoms with Gasteiger partial charge in [-0.05, 0) is 38.1 Å². The van der Waals surface area contributed by atoms with Crippen molar-refractivity contribution in [3.05, 3.63) is 36.2 Å². The second kappa shape index (κ2) is 5.72. The molecule has 0 bridgehead atoms. The van der Waals surface area contributed by atoms with Crippen molar-refractivity contribution >= 4 is 11.9 Å². The van der Waals surface area contributed by atoms with Gasteiger partial charge in [0.2, 0.25) is 0 Å². The number of benzene rings is 1. The van der Waals surface area contributed by atoms with Crippen LogP contribution in [0.2, 0.25) is 0 Å². The third-order valence-electron chi connectivity index (χ3n) is 4.49. The summed E-state index contributed by atoms with van der Waals surface area (Å²) in [5, 5.41) is 9.92. The van der Waals surface area contributed by atoms with Crippen molar-refractivity contribution in [3.63, 3.8) is 0 Å². The molecular formula is C16H17N5O3. The lowest BCUT2D eigenvalue weighted by Crippen LogP contribution is -2.53. The molecule has 3 amide bonds. The Morgan fingerprint density at radius 3 is 2.67 bits per heavy atom. The maximum atomic E-state index is 12.7. The summed E-state index contributed by atoms with van der Waals surface area (Å²) in [6.45, 7) is 1.43. The Morgan fingerprint density at radius 2 is 1.92 bits per heavy atom. The van der Waals surface area contributed by atoms with Gasteiger partial charge in [-0.2, -0.15) is 4.98 Å². The molecule has 0 radical (unpaired) electrons. The first-order valence-electron chi connectivity index (χ1n) is 7.91. The van der Waals surface area contributed by atoms with Gasteiger partial charge in [0.1, 0.15) is 5.54 Å². The van der Waals surface area contributed by atoms with Crippen LogP contribution in [0.4, 0.5) is 4.79 Å². The number of aromatic nitrogens is 2. The van der Waals surface area contributed by atoms with E-state index in [1.54, 1.807) is 0 Å². The second-order valence-corrected chi connectivity index (χ2v) is 6.04. The first-order valence-corrected chi connectivity index (χ1v) is 7.91. The van der Waals surface area contributed by atoms with Crippen LogP contribution < -0.4 is 10.6 Å². The van der Waals surface area contributed by atoms with Gasteiger partial charge in [0, 0.05) is 5.56 Å². The molecule has 3 heterocycles. The van der Waals surface area contributed by atoms with Crippen LogP contribution in [0.15, 0.2) is 34.9 Å². The molecule has 0 saturated carbocycles. The van der Waals surface area contributed by atoms with Gasteiger partial charge in [-0.3, -0.25) is 9.69 Å². The fraction of sp³-hybridized carbons (Fsp3) is 0.375. The van der Waals surface area contributed by atoms with Crippen LogP contribution in [0, 0.1) is 0 Å². The number of nitrogens with one attached hydrogen (secondary N) is 2. The number of carbonyl (C=O) groups excluding carboxylic acids is 2. The fourth-order valence-corrected chi connectivity index (χ4v) is 3.17. The molecule has 124 valence electrons. The van der Waals surface area contributed by atoms with Crippen molar-refractivity contribution in [2.75, 3.05) is 13.1 Å². The summed E-state index contributed by atoms with van der Waals surface area (Å²) < 4.78 is 5.23. The largest absolute Gasteiger partial charge is 0.334 e. The number of urea groups is 1. The van der Waals surface area contributed by atoms with E-state index in [4.69, 9.17) is 4.52 Å². The van der Waals surface area contributed by atoms with Crippen LogP contribution in [0.3, 0.4) is 0 Å². The highest BCUT2D eigenvalue weighted by atomic mass is 16.5. The quantitative estimate of drug-likeness (QED) is 0.813. The van der Waals surface area contributed by atoms with E-state index in [0.29, 0.717) is 37.6 Å². The SMILES string of the molecule is O=C1NC2(CCNCC2)C(=O)N1Cc1noc(-c2ccccc2)n1. The topological polar surface area (TPSA) is 100 Å². The molecule has 1 aromatic carbocycles. The maximum absolute atomic E-state index is 12.7. The standard InChI is InChI=1S/C16H17N5O3/c22-14-16(6-8-17-9-7-16)19-15(23)21(14)10-12-18-13(24-20-12)11-4-2-1-3-5-11/h1-5,17H,6-10H2,(H,19,23). The molecule has 0 aliphatic carbocycles. The highest BCUT2D eigenvalue weighted by molar-refractivity contribution is 6.07. The summed E-state index contributed by atoms with van der Waals surface area (Å²) in [4.78, 5) is 30.4. The zero-order valence-electron chi connectivity index (χ0n) is 13.0. The minimum atomic E-state index is -0.783. The number of carbonyl (C=O) groups is 2. The number of piperidine rings is 1. The summed E-state index contributed by atoms with van der Waals surface area (Å²) in [6.07, 6.45) is 1.19. The zero-order chi connectivity index (χ0) is 16.6. The van der Waals surface area contributed by atoms with Gasteiger partial charge in [0.25, 0.3) is 11.8 Å². The van der Waals surface area contributed by atoms with Crippen molar-refractivity contribution in [2.24, 2.45) is 0 Å². The minimum absolute atomic E-state index is 0.0101. The molecule has 2 aliphatic rings. The number of hydrogen-bond acceptors (Lipinski definition) is 6. The summed E-state index contributed by atoms with van der Waals surface area (Å²) in [5.74, 6) is 0.470. The molecule has 4 rings (SSSR count). The summed E-state index contributed by atoms with van der Waals surface area (Å²) in [5.41, 5.74) is 0.0113. The second-order valence-electron chi connectivity index (χ2n) is 6.04. The van der Waals surface area contributed by atoms with E-state index < -0.39 is 11.6 Å². The van der Waals surface area contributed by atoms with Gasteiger partial charge < -0.3 is 15.2 Å². The monoisotopic (exact) mass is 327 g/mol. The molecule has 1 spiro atoms. The van der Waals surface area contributed by atoms with Crippen LogP contribution in [0.5, 0.6) is 0 Å². The van der Waals surface area contributed by atoms with Crippen molar-refractivity contribution in [3.8, 4) is 11.5 Å². The van der Waals surface area contributed by atoms with Crippen LogP contribution in [0.25, 0.3) is 11.5 Å². The Kier molecular flexibility index (Phi) is 3.53. The highest BCUT2D eigenvalue weighted by Crippen LogP contribution is 2.28. The molecule has 24 heavy (non-hydrogen) atoms. The van der Waals surface area contributed by atoms with Crippen molar-refractivity contribution < 1.29 is 14.1 Å². The lowest BCUT2D eigenvalue weighted by Gasteiger charge is -2.30. The van der Waals surface area contributed by atoms with Crippen molar-refractivity contribution in [1.82, 2.24) is 25.7 Å². The first-order chi connectivity index (χ1) is 11.7. The van der Waals surface area contributed by atoms with E-state index in [1.165, 1.54) is 4.90 Å². The summed E-state index contributed by atoms with van der Waals surface area (Å²) >= 11 is 0. The predicted octanol–water partition coefficient (Wildman–Crippen LogP) is 0.911. The molecule has 2 N–H and O–H groups in total. The number of imide groups is 1. The molecule has 2 aliphatic heterocycles. The van der Waals surface area contributed by atoms with Crippen LogP contribution in [-0.2, 0) is 11.3 Å². The Hall–Kier alpha value is -2.74. The zero-order valence-corrected chi connectivity index (χ0v) is 13.0. The van der Waals surface area contributed by atoms with Gasteiger partial charge >= 0.3 is 6.03 Å². The molecule has 2 fully saturated rings. The van der Waals surface area contributed by atoms with E-state index in [1.807, 2.05) is 30.3 Å². The van der Waals surface area contributed by atoms with Gasteiger partial charge in [-0.25, -0.2) is 4.79 Å². The number of rotatable bonds is 3. The van der Waals surface area contributed by atoms with Gasteiger partial charge in [-0.15, -0.1) is 0 Å². The molecule has 2 saturated heterocycles. The molecule has 0 unspecified atom stereocenters. The van der Waals surface area contributed by atoms with E-state index in [2.05, 4.69) is 20.8 Å². The molecule has 1 aromatic heterocycles. The Balaban J connectivity index is 1.52. The normalized spacial score (nSPS) is 19.8. The molecule has 8 heteroatoms. The van der Waals surface area contributed by atoms with Crippen LogP contribution in [0.1, 0.15) is 18.7 Å². The number of hydrogen-bond donors (Lipinski definition) is 2. The molecule has 0 atom stereocenters. The first kappa shape index (κ1) is 14.8. The van der Waals surface area contributed by atoms with E-state index in [0.717, 1.165) is 5.56 Å². The molecule has 8 nitrogen and oxygen atoms in total. The van der Waals surface area contributed by atoms with Gasteiger partial charge in [-0.1, -0.05) is 23.4 Å². The molecular weight excluding hydrogens is 310 g/mol. The number of nitrogens with zero attached hydrogens (tertiary/aromatic N) is 3. The van der Waals surface area contributed by atoms with Gasteiger partial charge in [0.05, 0.1) is 6.54 Å². The van der Waals surface area contributed by atoms with Gasteiger partial charge in [0.15, 0.2) is 5.82 Å². The van der Waals surface area contributed by atoms with Crippen molar-refractivity contribution in [2.45, 2.75) is 24.9 Å². The lowest BCUT2D eigenvalue weighted by atomic mass is 9.88. The smallest absolute Gasteiger partial charge is 0.325 e. The van der Waals surface area contributed by atoms with Crippen LogP contribution in [-0.4, -0.2) is 45.6 Å². The molecule has 2 aromatic rings. The predicted molar refractivity (Wildman–Crippen MR) is 83.7 cm³/mol. The Labute approximate surface area is 138 Å². The average Bonchev–Trinajstić information content (AvgIpc) is 3.16. The summed E-state index contributed by atoms with van der Waals surface area (Å²) in [7, 11) is 0. The maximum Gasteiger partial charge on any atom is 0.325 e. The van der Waals surface area contributed by atoms with E-state index in [-0.39, 0.29) is 12.5 Å².